The summed E-state index contributed by atoms with van der Waals surface area (Å²) < 4.78 is 0. The largest absolute Gasteiger partial charge is 0.336 e. The SMILES string of the molecule is C[C@@H]1C[C@H]1NC(=O)N[C@@H]1CCN(C(=O)c2cccnc2)C1. The average molecular weight is 288 g/mol. The van der Waals surface area contributed by atoms with Crippen molar-refractivity contribution in [1.82, 2.24) is 20.5 Å². The highest BCUT2D eigenvalue weighted by Crippen LogP contribution is 2.28. The molecule has 0 aromatic carbocycles. The number of amides is 3. The van der Waals surface area contributed by atoms with Crippen molar-refractivity contribution in [1.29, 1.82) is 0 Å². The van der Waals surface area contributed by atoms with Crippen LogP contribution < -0.4 is 10.6 Å². The van der Waals surface area contributed by atoms with Gasteiger partial charge in [-0.05, 0) is 30.9 Å². The van der Waals surface area contributed by atoms with Crippen molar-refractivity contribution in [2.24, 2.45) is 5.92 Å². The summed E-state index contributed by atoms with van der Waals surface area (Å²) in [5.74, 6) is 0.562. The van der Waals surface area contributed by atoms with Gasteiger partial charge in [0, 0.05) is 37.6 Å². The molecule has 112 valence electrons. The van der Waals surface area contributed by atoms with Gasteiger partial charge < -0.3 is 15.5 Å². The fourth-order valence-electron chi connectivity index (χ4n) is 2.65. The third-order valence-electron chi connectivity index (χ3n) is 4.15. The molecule has 3 rings (SSSR count). The van der Waals surface area contributed by atoms with Crippen molar-refractivity contribution < 1.29 is 9.59 Å². The molecule has 1 aliphatic carbocycles. The minimum absolute atomic E-state index is 0.0244. The molecule has 2 fully saturated rings. The Hall–Kier alpha value is -2.11. The van der Waals surface area contributed by atoms with Crippen LogP contribution in [0.2, 0.25) is 0 Å². The highest BCUT2D eigenvalue weighted by Gasteiger charge is 2.35. The summed E-state index contributed by atoms with van der Waals surface area (Å²) in [7, 11) is 0. The molecule has 0 unspecified atom stereocenters. The Morgan fingerprint density at radius 2 is 2.19 bits per heavy atom. The minimum atomic E-state index is -0.120. The molecule has 0 bridgehead atoms. The van der Waals surface area contributed by atoms with Crippen LogP contribution in [-0.2, 0) is 0 Å². The molecular weight excluding hydrogens is 268 g/mol. The van der Waals surface area contributed by atoms with Crippen LogP contribution in [0.1, 0.15) is 30.1 Å². The number of pyridine rings is 1. The third kappa shape index (κ3) is 3.32. The van der Waals surface area contributed by atoms with Crippen molar-refractivity contribution in [3.63, 3.8) is 0 Å². The van der Waals surface area contributed by atoms with Crippen LogP contribution in [0.15, 0.2) is 24.5 Å². The number of rotatable bonds is 3. The lowest BCUT2D eigenvalue weighted by molar-refractivity contribution is 0.0789. The Labute approximate surface area is 123 Å². The van der Waals surface area contributed by atoms with Crippen molar-refractivity contribution in [3.8, 4) is 0 Å². The van der Waals surface area contributed by atoms with Gasteiger partial charge in [-0.15, -0.1) is 0 Å². The zero-order valence-electron chi connectivity index (χ0n) is 12.1. The first-order valence-corrected chi connectivity index (χ1v) is 7.40. The molecule has 0 radical (unpaired) electrons. The number of urea groups is 1. The molecule has 21 heavy (non-hydrogen) atoms. The summed E-state index contributed by atoms with van der Waals surface area (Å²) in [4.78, 5) is 29.8. The van der Waals surface area contributed by atoms with Gasteiger partial charge in [-0.2, -0.15) is 0 Å². The summed E-state index contributed by atoms with van der Waals surface area (Å²) in [6, 6.07) is 3.74. The van der Waals surface area contributed by atoms with E-state index < -0.39 is 0 Å². The standard InChI is InChI=1S/C15H20N4O2/c1-10-7-13(10)18-15(21)17-12-4-6-19(9-12)14(20)11-3-2-5-16-8-11/h2-3,5,8,10,12-13H,4,6-7,9H2,1H3,(H2,17,18,21)/t10-,12-,13-/m1/s1. The molecule has 1 aliphatic heterocycles. The van der Waals surface area contributed by atoms with Gasteiger partial charge in [-0.3, -0.25) is 9.78 Å². The van der Waals surface area contributed by atoms with Gasteiger partial charge in [0.15, 0.2) is 0 Å². The number of carbonyl (C=O) groups is 2. The van der Waals surface area contributed by atoms with E-state index in [2.05, 4.69) is 22.5 Å². The fraction of sp³-hybridized carbons (Fsp3) is 0.533. The molecule has 1 saturated carbocycles. The third-order valence-corrected chi connectivity index (χ3v) is 4.15. The van der Waals surface area contributed by atoms with Gasteiger partial charge in [0.2, 0.25) is 0 Å². The van der Waals surface area contributed by atoms with Crippen molar-refractivity contribution in [2.75, 3.05) is 13.1 Å². The number of aromatic nitrogens is 1. The molecular formula is C15H20N4O2. The van der Waals surface area contributed by atoms with Crippen LogP contribution in [-0.4, -0.2) is 47.0 Å². The second-order valence-electron chi connectivity index (χ2n) is 5.92. The van der Waals surface area contributed by atoms with Crippen LogP contribution in [0.3, 0.4) is 0 Å². The normalized spacial score (nSPS) is 27.3. The number of hydrogen-bond acceptors (Lipinski definition) is 3. The maximum Gasteiger partial charge on any atom is 0.315 e. The smallest absolute Gasteiger partial charge is 0.315 e. The lowest BCUT2D eigenvalue weighted by atomic mass is 10.2. The summed E-state index contributed by atoms with van der Waals surface area (Å²) in [5, 5.41) is 5.89. The van der Waals surface area contributed by atoms with Crippen molar-refractivity contribution >= 4 is 11.9 Å². The number of nitrogens with zero attached hydrogens (tertiary/aromatic N) is 2. The summed E-state index contributed by atoms with van der Waals surface area (Å²) in [6.07, 6.45) is 5.07. The molecule has 3 amide bonds. The van der Waals surface area contributed by atoms with E-state index in [9.17, 15) is 9.59 Å². The maximum atomic E-state index is 12.3. The van der Waals surface area contributed by atoms with Crippen LogP contribution in [0.4, 0.5) is 4.79 Å². The Morgan fingerprint density at radius 1 is 1.38 bits per heavy atom. The molecule has 6 nitrogen and oxygen atoms in total. The summed E-state index contributed by atoms with van der Waals surface area (Å²) >= 11 is 0. The molecule has 3 atom stereocenters. The molecule has 1 aromatic rings. The van der Waals surface area contributed by atoms with Gasteiger partial charge in [-0.1, -0.05) is 6.92 Å². The van der Waals surface area contributed by atoms with E-state index in [-0.39, 0.29) is 18.0 Å². The molecule has 2 N–H and O–H groups in total. The lowest BCUT2D eigenvalue weighted by Gasteiger charge is -2.17. The number of likely N-dealkylation sites (tertiary alicyclic amines) is 1. The minimum Gasteiger partial charge on any atom is -0.336 e. The number of nitrogens with one attached hydrogen (secondary N) is 2. The van der Waals surface area contributed by atoms with E-state index in [1.165, 1.54) is 0 Å². The topological polar surface area (TPSA) is 74.3 Å². The van der Waals surface area contributed by atoms with Gasteiger partial charge in [-0.25, -0.2) is 4.79 Å². The van der Waals surface area contributed by atoms with Crippen molar-refractivity contribution in [3.05, 3.63) is 30.1 Å². The highest BCUT2D eigenvalue weighted by atomic mass is 16.2. The van der Waals surface area contributed by atoms with E-state index in [4.69, 9.17) is 0 Å². The Balaban J connectivity index is 1.49. The second kappa shape index (κ2) is 5.71. The number of hydrogen-bond donors (Lipinski definition) is 2. The Kier molecular flexibility index (Phi) is 3.77. The van der Waals surface area contributed by atoms with Gasteiger partial charge >= 0.3 is 6.03 Å². The second-order valence-corrected chi connectivity index (χ2v) is 5.92. The Bertz CT molecular complexity index is 534. The van der Waals surface area contributed by atoms with Crippen LogP contribution in [0.5, 0.6) is 0 Å². The monoisotopic (exact) mass is 288 g/mol. The molecule has 2 heterocycles. The molecule has 2 aliphatic rings. The van der Waals surface area contributed by atoms with E-state index >= 15 is 0 Å². The maximum absolute atomic E-state index is 12.3. The van der Waals surface area contributed by atoms with E-state index in [1.807, 2.05) is 0 Å². The van der Waals surface area contributed by atoms with Gasteiger partial charge in [0.1, 0.15) is 0 Å². The van der Waals surface area contributed by atoms with Crippen LogP contribution in [0.25, 0.3) is 0 Å². The zero-order chi connectivity index (χ0) is 14.8. The van der Waals surface area contributed by atoms with Crippen LogP contribution >= 0.6 is 0 Å². The zero-order valence-corrected chi connectivity index (χ0v) is 12.1. The molecule has 1 saturated heterocycles. The summed E-state index contributed by atoms with van der Waals surface area (Å²) in [6.45, 7) is 3.34. The lowest BCUT2D eigenvalue weighted by Crippen LogP contribution is -2.44. The quantitative estimate of drug-likeness (QED) is 0.871. The number of carbonyl (C=O) groups excluding carboxylic acids is 2. The average Bonchev–Trinajstić information content (AvgIpc) is 2.99. The van der Waals surface area contributed by atoms with Crippen LogP contribution in [0, 0.1) is 5.92 Å². The fourth-order valence-corrected chi connectivity index (χ4v) is 2.65. The van der Waals surface area contributed by atoms with Gasteiger partial charge in [0.05, 0.1) is 5.56 Å². The predicted molar refractivity (Wildman–Crippen MR) is 77.8 cm³/mol. The Morgan fingerprint density at radius 3 is 2.86 bits per heavy atom. The van der Waals surface area contributed by atoms with Crippen molar-refractivity contribution in [2.45, 2.75) is 31.8 Å². The molecule has 1 aromatic heterocycles. The highest BCUT2D eigenvalue weighted by molar-refractivity contribution is 5.94. The van der Waals surface area contributed by atoms with Gasteiger partial charge in [0.25, 0.3) is 5.91 Å². The molecule has 6 heteroatoms. The van der Waals surface area contributed by atoms with E-state index in [0.29, 0.717) is 30.6 Å². The summed E-state index contributed by atoms with van der Waals surface area (Å²) in [5.41, 5.74) is 0.592. The first-order chi connectivity index (χ1) is 10.1. The van der Waals surface area contributed by atoms with E-state index in [0.717, 1.165) is 12.8 Å². The predicted octanol–water partition coefficient (Wildman–Crippen LogP) is 1.00. The van der Waals surface area contributed by atoms with E-state index in [1.54, 1.807) is 29.4 Å². The first-order valence-electron chi connectivity index (χ1n) is 7.40. The molecule has 0 spiro atoms. The first kappa shape index (κ1) is 13.9.